The molecule has 0 aliphatic heterocycles. The summed E-state index contributed by atoms with van der Waals surface area (Å²) in [6.07, 6.45) is 2.65. The number of carbonyl (C=O) groups is 1. The maximum atomic E-state index is 12.6. The first-order valence-corrected chi connectivity index (χ1v) is 10.1. The number of hydrogen-bond acceptors (Lipinski definition) is 4. The van der Waals surface area contributed by atoms with Gasteiger partial charge in [0.1, 0.15) is 0 Å². The summed E-state index contributed by atoms with van der Waals surface area (Å²) in [7, 11) is -3.48. The molecule has 28 heavy (non-hydrogen) atoms. The summed E-state index contributed by atoms with van der Waals surface area (Å²) in [6, 6.07) is 12.7. The summed E-state index contributed by atoms with van der Waals surface area (Å²) in [6.45, 7) is 6.98. The van der Waals surface area contributed by atoms with Crippen LogP contribution < -0.4 is 10.0 Å². The van der Waals surface area contributed by atoms with E-state index in [0.29, 0.717) is 16.9 Å². The zero-order valence-electron chi connectivity index (χ0n) is 14.5. The maximum absolute atomic E-state index is 12.6. The Balaban J connectivity index is 1.84. The van der Waals surface area contributed by atoms with Crippen molar-refractivity contribution >= 4 is 44.7 Å². The van der Waals surface area contributed by atoms with Crippen LogP contribution in [0.25, 0.3) is 10.5 Å². The van der Waals surface area contributed by atoms with Gasteiger partial charge in [-0.25, -0.2) is 8.42 Å². The van der Waals surface area contributed by atoms with E-state index >= 15 is 0 Å². The second-order valence-corrected chi connectivity index (χ2v) is 8.02. The number of nitrogens with zero attached hydrogens (tertiary/aromatic N) is 3. The van der Waals surface area contributed by atoms with E-state index in [9.17, 15) is 13.2 Å². The van der Waals surface area contributed by atoms with Gasteiger partial charge in [-0.1, -0.05) is 24.2 Å². The third-order valence-electron chi connectivity index (χ3n) is 3.52. The average Bonchev–Trinajstić information content (AvgIpc) is 3.09. The molecular formula is C18H14ClN5O3S. The average molecular weight is 416 g/mol. The third-order valence-corrected chi connectivity index (χ3v) is 4.35. The maximum Gasteiger partial charge on any atom is 0.295 e. The molecule has 2 aromatic carbocycles. The highest BCUT2D eigenvalue weighted by Crippen LogP contribution is 2.24. The Morgan fingerprint density at radius 1 is 1.18 bits per heavy atom. The molecule has 1 aromatic heterocycles. The largest absolute Gasteiger partial charge is 0.359 e. The van der Waals surface area contributed by atoms with E-state index in [2.05, 4.69) is 20.0 Å². The smallest absolute Gasteiger partial charge is 0.295 e. The predicted molar refractivity (Wildman–Crippen MR) is 108 cm³/mol. The van der Waals surface area contributed by atoms with Gasteiger partial charge in [0.2, 0.25) is 10.0 Å². The number of halogens is 1. The standard InChI is InChI=1S/C18H14ClN5O3S/c1-20-17-6-7-24(22-17)16-5-3-4-12(8-16)18(25)21-14-9-13(19)10-15(11-14)23-28(2,26)27/h3-11,23H,2H3,(H,21,25). The molecule has 3 rings (SSSR count). The topological polar surface area (TPSA) is 97.5 Å². The van der Waals surface area contributed by atoms with Crippen molar-refractivity contribution < 1.29 is 13.2 Å². The van der Waals surface area contributed by atoms with Crippen molar-refractivity contribution in [2.75, 3.05) is 16.3 Å². The highest BCUT2D eigenvalue weighted by molar-refractivity contribution is 7.92. The Labute approximate surface area is 166 Å². The van der Waals surface area contributed by atoms with E-state index in [1.807, 2.05) is 0 Å². The molecule has 0 aliphatic rings. The Bertz CT molecular complexity index is 1200. The van der Waals surface area contributed by atoms with E-state index in [0.717, 1.165) is 6.26 Å². The first-order chi connectivity index (χ1) is 13.2. The third kappa shape index (κ3) is 4.88. The molecule has 2 N–H and O–H groups in total. The van der Waals surface area contributed by atoms with Crippen molar-refractivity contribution in [2.24, 2.45) is 0 Å². The number of nitrogens with one attached hydrogen (secondary N) is 2. The van der Waals surface area contributed by atoms with E-state index in [-0.39, 0.29) is 16.5 Å². The SMILES string of the molecule is [C-]#[N+]c1ccn(-c2cccc(C(=O)Nc3cc(Cl)cc(NS(C)(=O)=O)c3)c2)n1. The normalized spacial score (nSPS) is 10.9. The Hall–Kier alpha value is -3.35. The quantitative estimate of drug-likeness (QED) is 0.621. The zero-order valence-corrected chi connectivity index (χ0v) is 16.1. The summed E-state index contributed by atoms with van der Waals surface area (Å²) >= 11 is 6.01. The molecule has 10 heteroatoms. The van der Waals surface area contributed by atoms with E-state index in [1.165, 1.54) is 22.9 Å². The zero-order chi connectivity index (χ0) is 20.3. The van der Waals surface area contributed by atoms with Gasteiger partial charge in [-0.15, -0.1) is 0 Å². The second-order valence-electron chi connectivity index (χ2n) is 5.84. The number of rotatable bonds is 5. The molecule has 0 fully saturated rings. The lowest BCUT2D eigenvalue weighted by molar-refractivity contribution is 0.102. The summed E-state index contributed by atoms with van der Waals surface area (Å²) in [4.78, 5) is 15.8. The van der Waals surface area contributed by atoms with Crippen LogP contribution in [0.2, 0.25) is 5.02 Å². The molecular weight excluding hydrogens is 402 g/mol. The summed E-state index contributed by atoms with van der Waals surface area (Å²) in [5.74, 6) is -0.160. The lowest BCUT2D eigenvalue weighted by Gasteiger charge is -2.10. The van der Waals surface area contributed by atoms with Gasteiger partial charge in [0.05, 0.1) is 17.6 Å². The molecule has 0 bridgehead atoms. The highest BCUT2D eigenvalue weighted by Gasteiger charge is 2.11. The van der Waals surface area contributed by atoms with Gasteiger partial charge < -0.3 is 10.2 Å². The van der Waals surface area contributed by atoms with Crippen molar-refractivity contribution in [2.45, 2.75) is 0 Å². The number of sulfonamides is 1. The fraction of sp³-hybridized carbons (Fsp3) is 0.0556. The molecule has 1 amide bonds. The van der Waals surface area contributed by atoms with Crippen LogP contribution in [0.4, 0.5) is 17.2 Å². The van der Waals surface area contributed by atoms with Crippen molar-refractivity contribution in [1.82, 2.24) is 9.78 Å². The van der Waals surface area contributed by atoms with Gasteiger partial charge in [-0.3, -0.25) is 9.52 Å². The van der Waals surface area contributed by atoms with Gasteiger partial charge in [-0.05, 0) is 47.6 Å². The van der Waals surface area contributed by atoms with Gasteiger partial charge in [-0.2, -0.15) is 4.68 Å². The second kappa shape index (κ2) is 7.72. The summed E-state index contributed by atoms with van der Waals surface area (Å²) < 4.78 is 26.6. The number of benzene rings is 2. The fourth-order valence-electron chi connectivity index (χ4n) is 2.45. The Morgan fingerprint density at radius 3 is 2.61 bits per heavy atom. The first-order valence-electron chi connectivity index (χ1n) is 7.87. The highest BCUT2D eigenvalue weighted by atomic mass is 35.5. The number of aromatic nitrogens is 2. The van der Waals surface area contributed by atoms with E-state index in [1.54, 1.807) is 36.5 Å². The lowest BCUT2D eigenvalue weighted by Crippen LogP contribution is -2.13. The van der Waals surface area contributed by atoms with Crippen LogP contribution in [0.3, 0.4) is 0 Å². The minimum Gasteiger partial charge on any atom is -0.359 e. The number of hydrogen-bond donors (Lipinski definition) is 2. The molecule has 0 saturated carbocycles. The van der Waals surface area contributed by atoms with Crippen molar-refractivity contribution in [3.8, 4) is 5.69 Å². The molecule has 0 spiro atoms. The van der Waals surface area contributed by atoms with Crippen LogP contribution in [-0.4, -0.2) is 30.4 Å². The first kappa shape index (κ1) is 19.4. The molecule has 8 nitrogen and oxygen atoms in total. The molecule has 142 valence electrons. The number of anilines is 2. The van der Waals surface area contributed by atoms with Crippen LogP contribution in [-0.2, 0) is 10.0 Å². The Kier molecular flexibility index (Phi) is 5.35. The lowest BCUT2D eigenvalue weighted by atomic mass is 10.2. The summed E-state index contributed by atoms with van der Waals surface area (Å²) in [5.41, 5.74) is 1.55. The van der Waals surface area contributed by atoms with Gasteiger partial charge >= 0.3 is 0 Å². The number of carbonyl (C=O) groups excluding carboxylic acids is 1. The molecule has 0 radical (unpaired) electrons. The monoisotopic (exact) mass is 415 g/mol. The van der Waals surface area contributed by atoms with Crippen LogP contribution in [0.5, 0.6) is 0 Å². The Morgan fingerprint density at radius 2 is 1.93 bits per heavy atom. The molecule has 0 aliphatic carbocycles. The van der Waals surface area contributed by atoms with Crippen molar-refractivity contribution in [1.29, 1.82) is 0 Å². The minimum absolute atomic E-state index is 0.238. The number of amides is 1. The molecule has 0 unspecified atom stereocenters. The fourth-order valence-corrected chi connectivity index (χ4v) is 3.23. The van der Waals surface area contributed by atoms with Gasteiger partial charge in [0.15, 0.2) is 0 Å². The van der Waals surface area contributed by atoms with Crippen LogP contribution in [0.15, 0.2) is 54.7 Å². The molecule has 0 atom stereocenters. The summed E-state index contributed by atoms with van der Waals surface area (Å²) in [5, 5.41) is 7.04. The van der Waals surface area contributed by atoms with Gasteiger partial charge in [0, 0.05) is 22.5 Å². The molecule has 1 heterocycles. The molecule has 0 saturated heterocycles. The van der Waals surface area contributed by atoms with Crippen molar-refractivity contribution in [3.05, 3.63) is 76.7 Å². The van der Waals surface area contributed by atoms with Crippen LogP contribution in [0, 0.1) is 6.57 Å². The molecule has 3 aromatic rings. The van der Waals surface area contributed by atoms with Crippen LogP contribution >= 0.6 is 11.6 Å². The van der Waals surface area contributed by atoms with E-state index < -0.39 is 15.9 Å². The van der Waals surface area contributed by atoms with Crippen LogP contribution in [0.1, 0.15) is 10.4 Å². The van der Waals surface area contributed by atoms with E-state index in [4.69, 9.17) is 18.2 Å². The van der Waals surface area contributed by atoms with Gasteiger partial charge in [0.25, 0.3) is 11.7 Å². The predicted octanol–water partition coefficient (Wildman–Crippen LogP) is 3.70. The van der Waals surface area contributed by atoms with Crippen molar-refractivity contribution in [3.63, 3.8) is 0 Å². The minimum atomic E-state index is -3.48.